The summed E-state index contributed by atoms with van der Waals surface area (Å²) >= 11 is 0. The van der Waals surface area contributed by atoms with Crippen molar-refractivity contribution >= 4 is 62.5 Å². The SMILES string of the molecule is C[C@@H]1CN(c2c(F)c(N)c3c(=O)c(C(=O)O)cn(C4CC4)c3c2F)C[C@H](C)N1.NC(N)=NCCC[C@H](NC(=O)[C@@H](N)Cc1ccccc1)C(=O)Nc1ccc2ccccc2c1. The number of guanidine groups is 1. The van der Waals surface area contributed by atoms with E-state index < -0.39 is 51.8 Å². The Morgan fingerprint density at radius 1 is 0.934 bits per heavy atom. The lowest BCUT2D eigenvalue weighted by molar-refractivity contribution is -0.127. The molecule has 0 unspecified atom stereocenters. The van der Waals surface area contributed by atoms with Crippen molar-refractivity contribution in [3.63, 3.8) is 0 Å². The minimum atomic E-state index is -1.45. The number of amides is 2. The van der Waals surface area contributed by atoms with Gasteiger partial charge in [-0.25, -0.2) is 13.6 Å². The number of piperazine rings is 1. The minimum absolute atomic E-state index is 0.0129. The number of benzene rings is 4. The van der Waals surface area contributed by atoms with E-state index in [0.29, 0.717) is 44.6 Å². The van der Waals surface area contributed by atoms with Gasteiger partial charge in [-0.2, -0.15) is 0 Å². The van der Waals surface area contributed by atoms with Gasteiger partial charge in [-0.1, -0.05) is 60.7 Å². The number of nitrogens with two attached hydrogens (primary N) is 4. The Bertz CT molecular complexity index is 2500. The average molecular weight is 839 g/mol. The number of aromatic carboxylic acids is 1. The number of carboxylic acids is 1. The number of anilines is 3. The van der Waals surface area contributed by atoms with E-state index in [2.05, 4.69) is 20.9 Å². The molecule has 1 aliphatic heterocycles. The molecular formula is C44H52F2N10O5. The van der Waals surface area contributed by atoms with Crippen LogP contribution in [0.25, 0.3) is 21.7 Å². The van der Waals surface area contributed by atoms with E-state index in [1.807, 2.05) is 86.6 Å². The Morgan fingerprint density at radius 3 is 2.23 bits per heavy atom. The smallest absolute Gasteiger partial charge is 0.341 e. The number of pyridine rings is 1. The largest absolute Gasteiger partial charge is 0.477 e. The molecule has 5 aromatic rings. The van der Waals surface area contributed by atoms with Crippen molar-refractivity contribution in [2.45, 2.75) is 76.2 Å². The predicted molar refractivity (Wildman–Crippen MR) is 235 cm³/mol. The number of carbonyl (C=O) groups is 3. The molecule has 1 aliphatic carbocycles. The van der Waals surface area contributed by atoms with Gasteiger partial charge in [0.05, 0.1) is 22.6 Å². The van der Waals surface area contributed by atoms with Gasteiger partial charge in [-0.3, -0.25) is 19.4 Å². The zero-order valence-electron chi connectivity index (χ0n) is 34.0. The molecule has 0 bridgehead atoms. The lowest BCUT2D eigenvalue weighted by Gasteiger charge is -2.38. The van der Waals surface area contributed by atoms with Gasteiger partial charge in [0.15, 0.2) is 17.6 Å². The molecule has 17 heteroatoms. The van der Waals surface area contributed by atoms with Crippen molar-refractivity contribution < 1.29 is 28.3 Å². The summed E-state index contributed by atoms with van der Waals surface area (Å²) in [4.78, 5) is 55.5. The molecule has 1 aromatic heterocycles. The van der Waals surface area contributed by atoms with Gasteiger partial charge < -0.3 is 53.5 Å². The summed E-state index contributed by atoms with van der Waals surface area (Å²) in [6, 6.07) is 21.4. The first-order chi connectivity index (χ1) is 29.1. The van der Waals surface area contributed by atoms with E-state index in [-0.39, 0.29) is 47.1 Å². The number of rotatable bonds is 13. The average Bonchev–Trinajstić information content (AvgIpc) is 4.07. The van der Waals surface area contributed by atoms with Crippen molar-refractivity contribution in [2.75, 3.05) is 35.6 Å². The van der Waals surface area contributed by atoms with Crippen LogP contribution in [0.4, 0.5) is 25.8 Å². The number of halogens is 2. The maximum atomic E-state index is 15.6. The third-order valence-electron chi connectivity index (χ3n) is 10.6. The summed E-state index contributed by atoms with van der Waals surface area (Å²) in [6.45, 7) is 4.95. The van der Waals surface area contributed by atoms with Gasteiger partial charge in [-0.05, 0) is 74.4 Å². The van der Waals surface area contributed by atoms with Crippen molar-refractivity contribution in [3.05, 3.63) is 112 Å². The minimum Gasteiger partial charge on any atom is -0.477 e. The van der Waals surface area contributed by atoms with Gasteiger partial charge >= 0.3 is 5.97 Å². The van der Waals surface area contributed by atoms with Crippen LogP contribution in [0.1, 0.15) is 61.5 Å². The van der Waals surface area contributed by atoms with Crippen LogP contribution < -0.4 is 49.2 Å². The van der Waals surface area contributed by atoms with Crippen LogP contribution >= 0.6 is 0 Å². The summed E-state index contributed by atoms with van der Waals surface area (Å²) < 4.78 is 32.2. The number of nitrogens with zero attached hydrogens (tertiary/aromatic N) is 3. The number of nitrogens with one attached hydrogen (secondary N) is 3. The summed E-state index contributed by atoms with van der Waals surface area (Å²) in [7, 11) is 0. The number of fused-ring (bicyclic) bond motifs is 2. The van der Waals surface area contributed by atoms with Crippen molar-refractivity contribution in [1.29, 1.82) is 0 Å². The highest BCUT2D eigenvalue weighted by molar-refractivity contribution is 6.01. The quantitative estimate of drug-likeness (QED) is 0.0365. The Balaban J connectivity index is 0.000000206. The number of hydrogen-bond acceptors (Lipinski definition) is 9. The van der Waals surface area contributed by atoms with Gasteiger partial charge in [0.2, 0.25) is 17.2 Å². The first-order valence-corrected chi connectivity index (χ1v) is 20.2. The van der Waals surface area contributed by atoms with E-state index in [1.165, 1.54) is 4.57 Å². The van der Waals surface area contributed by atoms with Crippen molar-refractivity contribution in [2.24, 2.45) is 22.2 Å². The van der Waals surface area contributed by atoms with E-state index in [9.17, 15) is 24.3 Å². The highest BCUT2D eigenvalue weighted by Gasteiger charge is 2.34. The Labute approximate surface area is 351 Å². The fourth-order valence-corrected chi connectivity index (χ4v) is 7.64. The maximum absolute atomic E-state index is 15.6. The van der Waals surface area contributed by atoms with Crippen LogP contribution in [0.15, 0.2) is 88.8 Å². The molecule has 2 amide bonds. The summed E-state index contributed by atoms with van der Waals surface area (Å²) in [5.41, 5.74) is 22.0. The fraction of sp³-hybridized carbons (Fsp3) is 0.341. The predicted octanol–water partition coefficient (Wildman–Crippen LogP) is 3.97. The fourth-order valence-electron chi connectivity index (χ4n) is 7.64. The van der Waals surface area contributed by atoms with Crippen molar-refractivity contribution in [3.8, 4) is 0 Å². The molecule has 7 rings (SSSR count). The van der Waals surface area contributed by atoms with Crippen LogP contribution in [0, 0.1) is 11.6 Å². The zero-order chi connectivity index (χ0) is 44.0. The Kier molecular flexibility index (Phi) is 13.8. The third kappa shape index (κ3) is 10.6. The monoisotopic (exact) mass is 838 g/mol. The van der Waals surface area contributed by atoms with Crippen LogP contribution in [-0.2, 0) is 16.0 Å². The van der Waals surface area contributed by atoms with Crippen LogP contribution in [0.5, 0.6) is 0 Å². The van der Waals surface area contributed by atoms with E-state index in [4.69, 9.17) is 22.9 Å². The van der Waals surface area contributed by atoms with Gasteiger partial charge in [0, 0.05) is 49.6 Å². The molecule has 4 aromatic carbocycles. The van der Waals surface area contributed by atoms with Gasteiger partial charge in [0.1, 0.15) is 17.3 Å². The highest BCUT2D eigenvalue weighted by Crippen LogP contribution is 2.42. The first kappa shape index (κ1) is 44.0. The van der Waals surface area contributed by atoms with E-state index in [1.54, 1.807) is 4.90 Å². The summed E-state index contributed by atoms with van der Waals surface area (Å²) in [5.74, 6) is -4.07. The number of hydrogen-bond donors (Lipinski definition) is 8. The van der Waals surface area contributed by atoms with Crippen LogP contribution in [0.2, 0.25) is 0 Å². The third-order valence-corrected chi connectivity index (χ3v) is 10.6. The number of aromatic nitrogens is 1. The lowest BCUT2D eigenvalue weighted by Crippen LogP contribution is -2.54. The van der Waals surface area contributed by atoms with E-state index in [0.717, 1.165) is 35.4 Å². The number of aliphatic imine (C=N–C) groups is 1. The molecule has 61 heavy (non-hydrogen) atoms. The second-order valence-electron chi connectivity index (χ2n) is 15.7. The standard InChI is InChI=1S/C25H30N6O2.C19H22F2N4O3/c26-21(15-17-7-2-1-3-8-17)23(32)31-22(11-6-14-29-25(27)28)24(33)30-20-13-12-18-9-4-5-10-19(18)16-20;1-8-5-24(6-9(2)23-8)17-13(20)15(22)12-16(14(17)21)25(10-3-4-10)7-11(18(12)26)19(27)28/h1-5,7-10,12-13,16,21-22H,6,11,14-15,26H2,(H,30,33)(H,31,32)(H4,27,28,29);7-10,23H,3-6,22H2,1-2H3,(H,27,28)/t21-,22-;8-,9+/m0./s1. The molecular weight excluding hydrogens is 787 g/mol. The highest BCUT2D eigenvalue weighted by atomic mass is 19.1. The van der Waals surface area contributed by atoms with Crippen molar-refractivity contribution in [1.82, 2.24) is 15.2 Å². The molecule has 1 saturated heterocycles. The molecule has 2 aliphatic rings. The maximum Gasteiger partial charge on any atom is 0.341 e. The van der Waals surface area contributed by atoms with Gasteiger partial charge in [0.25, 0.3) is 0 Å². The molecule has 4 atom stereocenters. The normalized spacial score (nSPS) is 17.2. The molecule has 15 nitrogen and oxygen atoms in total. The second-order valence-corrected chi connectivity index (χ2v) is 15.7. The van der Waals surface area contributed by atoms with Crippen LogP contribution in [0.3, 0.4) is 0 Å². The molecule has 322 valence electrons. The molecule has 2 fully saturated rings. The van der Waals surface area contributed by atoms with E-state index >= 15 is 8.78 Å². The topological polar surface area (TPSA) is 249 Å². The molecule has 0 spiro atoms. The zero-order valence-corrected chi connectivity index (χ0v) is 34.0. The first-order valence-electron chi connectivity index (χ1n) is 20.2. The number of carboxylic acid groups (broad SMARTS) is 1. The van der Waals surface area contributed by atoms with Gasteiger partial charge in [-0.15, -0.1) is 0 Å². The molecule has 12 N–H and O–H groups in total. The molecule has 0 radical (unpaired) electrons. The number of carbonyl (C=O) groups excluding carboxylic acids is 2. The summed E-state index contributed by atoms with van der Waals surface area (Å²) in [6.07, 6.45) is 3.86. The summed E-state index contributed by atoms with van der Waals surface area (Å²) in [5, 5.41) is 20.0. The number of nitrogen functional groups attached to an aromatic ring is 1. The molecule has 1 saturated carbocycles. The Morgan fingerprint density at radius 2 is 1.59 bits per heavy atom. The second kappa shape index (κ2) is 19.2. The Hall–Kier alpha value is -6.59. The van der Waals surface area contributed by atoms with Crippen LogP contribution in [-0.4, -0.2) is 77.2 Å². The molecule has 2 heterocycles. The lowest BCUT2D eigenvalue weighted by atomic mass is 10.0.